The Bertz CT molecular complexity index is 357. The van der Waals surface area contributed by atoms with Crippen molar-refractivity contribution in [3.63, 3.8) is 0 Å². The zero-order chi connectivity index (χ0) is 10.4. The van der Waals surface area contributed by atoms with Crippen LogP contribution in [-0.4, -0.2) is 22.6 Å². The quantitative estimate of drug-likeness (QED) is 0.748. The molecule has 72 valence electrons. The number of nitriles is 1. The highest BCUT2D eigenvalue weighted by Crippen LogP contribution is 2.01. The third-order valence-corrected chi connectivity index (χ3v) is 1.59. The Morgan fingerprint density at radius 2 is 2.36 bits per heavy atom. The molecule has 0 unspecified atom stereocenters. The molecule has 0 aliphatic heterocycles. The van der Waals surface area contributed by atoms with Crippen LogP contribution in [0, 0.1) is 11.3 Å². The molecule has 0 radical (unpaired) electrons. The fraction of sp³-hybridized carbons (Fsp3) is 0.250. The highest BCUT2D eigenvalue weighted by molar-refractivity contribution is 6.29. The van der Waals surface area contributed by atoms with Crippen molar-refractivity contribution in [3.8, 4) is 6.07 Å². The molecule has 1 N–H and O–H groups in total. The maximum Gasteiger partial charge on any atom is 0.271 e. The molecule has 1 aromatic rings. The summed E-state index contributed by atoms with van der Waals surface area (Å²) in [7, 11) is 0. The van der Waals surface area contributed by atoms with Gasteiger partial charge in [-0.1, -0.05) is 11.6 Å². The molecule has 6 heteroatoms. The van der Waals surface area contributed by atoms with Crippen LogP contribution in [0.15, 0.2) is 12.1 Å². The number of hydrogen-bond donors (Lipinski definition) is 1. The first-order valence-electron chi connectivity index (χ1n) is 3.88. The molecule has 0 atom stereocenters. The van der Waals surface area contributed by atoms with Crippen LogP contribution in [0.4, 0.5) is 0 Å². The van der Waals surface area contributed by atoms with Crippen LogP contribution in [0.3, 0.4) is 0 Å². The van der Waals surface area contributed by atoms with Gasteiger partial charge in [-0.2, -0.15) is 5.26 Å². The van der Waals surface area contributed by atoms with Crippen molar-refractivity contribution in [3.05, 3.63) is 23.0 Å². The molecule has 1 aromatic heterocycles. The molecule has 14 heavy (non-hydrogen) atoms. The number of nitrogens with zero attached hydrogens (tertiary/aromatic N) is 3. The van der Waals surface area contributed by atoms with E-state index in [0.717, 1.165) is 0 Å². The van der Waals surface area contributed by atoms with E-state index >= 15 is 0 Å². The highest BCUT2D eigenvalue weighted by atomic mass is 35.5. The van der Waals surface area contributed by atoms with Crippen molar-refractivity contribution < 1.29 is 4.79 Å². The van der Waals surface area contributed by atoms with Gasteiger partial charge in [-0.05, 0) is 12.1 Å². The minimum Gasteiger partial charge on any atom is -0.350 e. The molecule has 5 nitrogen and oxygen atoms in total. The summed E-state index contributed by atoms with van der Waals surface area (Å²) in [5.41, 5.74) is 0.187. The Balaban J connectivity index is 2.53. The van der Waals surface area contributed by atoms with Gasteiger partial charge >= 0.3 is 0 Å². The lowest BCUT2D eigenvalue weighted by Gasteiger charge is -2.00. The fourth-order valence-electron chi connectivity index (χ4n) is 0.760. The van der Waals surface area contributed by atoms with E-state index in [-0.39, 0.29) is 23.2 Å². The molecule has 1 heterocycles. The summed E-state index contributed by atoms with van der Waals surface area (Å²) >= 11 is 5.49. The third kappa shape index (κ3) is 2.99. The summed E-state index contributed by atoms with van der Waals surface area (Å²) in [6.07, 6.45) is 0.271. The van der Waals surface area contributed by atoms with Crippen LogP contribution < -0.4 is 5.32 Å². The maximum atomic E-state index is 11.3. The maximum absolute atomic E-state index is 11.3. The van der Waals surface area contributed by atoms with Crippen molar-refractivity contribution in [2.24, 2.45) is 0 Å². The zero-order valence-electron chi connectivity index (χ0n) is 7.20. The van der Waals surface area contributed by atoms with Gasteiger partial charge in [0.25, 0.3) is 5.91 Å². The van der Waals surface area contributed by atoms with Crippen LogP contribution in [0.2, 0.25) is 5.15 Å². The molecule has 0 saturated heterocycles. The lowest BCUT2D eigenvalue weighted by atomic mass is 10.3. The molecule has 0 bridgehead atoms. The molecule has 0 fully saturated rings. The van der Waals surface area contributed by atoms with Gasteiger partial charge in [0.2, 0.25) is 0 Å². The average Bonchev–Trinajstić information content (AvgIpc) is 2.19. The van der Waals surface area contributed by atoms with E-state index in [1.807, 2.05) is 6.07 Å². The van der Waals surface area contributed by atoms with Gasteiger partial charge in [0.1, 0.15) is 0 Å². The van der Waals surface area contributed by atoms with Gasteiger partial charge in [0.05, 0.1) is 12.5 Å². The van der Waals surface area contributed by atoms with Gasteiger partial charge in [0, 0.05) is 6.54 Å². The number of hydrogen-bond acceptors (Lipinski definition) is 4. The molecule has 0 spiro atoms. The van der Waals surface area contributed by atoms with E-state index in [1.165, 1.54) is 12.1 Å². The molecular weight excluding hydrogens is 204 g/mol. The summed E-state index contributed by atoms with van der Waals surface area (Å²) in [6.45, 7) is 0.305. The van der Waals surface area contributed by atoms with Gasteiger partial charge in [0.15, 0.2) is 10.8 Å². The highest BCUT2D eigenvalue weighted by Gasteiger charge is 2.06. The first-order chi connectivity index (χ1) is 6.74. The van der Waals surface area contributed by atoms with Gasteiger partial charge in [-0.15, -0.1) is 10.2 Å². The number of rotatable bonds is 3. The largest absolute Gasteiger partial charge is 0.350 e. The van der Waals surface area contributed by atoms with E-state index in [2.05, 4.69) is 15.5 Å². The topological polar surface area (TPSA) is 78.7 Å². The SMILES string of the molecule is N#CCCNC(=O)c1ccc(Cl)nn1. The monoisotopic (exact) mass is 210 g/mol. The Hall–Kier alpha value is -1.67. The van der Waals surface area contributed by atoms with Crippen molar-refractivity contribution in [2.75, 3.05) is 6.54 Å². The summed E-state index contributed by atoms with van der Waals surface area (Å²) < 4.78 is 0. The predicted molar refractivity (Wildman–Crippen MR) is 49.6 cm³/mol. The third-order valence-electron chi connectivity index (χ3n) is 1.39. The number of carbonyl (C=O) groups excluding carboxylic acids is 1. The molecule has 0 aliphatic carbocycles. The first-order valence-corrected chi connectivity index (χ1v) is 4.26. The van der Waals surface area contributed by atoms with E-state index in [4.69, 9.17) is 16.9 Å². The molecule has 0 saturated carbocycles. The van der Waals surface area contributed by atoms with E-state index in [9.17, 15) is 4.79 Å². The van der Waals surface area contributed by atoms with Gasteiger partial charge in [-0.3, -0.25) is 4.79 Å². The van der Waals surface area contributed by atoms with Crippen LogP contribution in [0.1, 0.15) is 16.9 Å². The summed E-state index contributed by atoms with van der Waals surface area (Å²) in [5, 5.41) is 18.1. The van der Waals surface area contributed by atoms with Crippen LogP contribution in [0.25, 0.3) is 0 Å². The lowest BCUT2D eigenvalue weighted by molar-refractivity contribution is 0.0948. The Morgan fingerprint density at radius 3 is 2.93 bits per heavy atom. The number of carbonyl (C=O) groups is 1. The van der Waals surface area contributed by atoms with E-state index in [1.54, 1.807) is 0 Å². The molecular formula is C8H7ClN4O. The summed E-state index contributed by atoms with van der Waals surface area (Å²) in [6, 6.07) is 4.86. The number of halogens is 1. The second-order valence-electron chi connectivity index (χ2n) is 2.41. The Morgan fingerprint density at radius 1 is 1.57 bits per heavy atom. The second kappa shape index (κ2) is 5.14. The van der Waals surface area contributed by atoms with Gasteiger partial charge < -0.3 is 5.32 Å². The zero-order valence-corrected chi connectivity index (χ0v) is 7.95. The Labute approximate surface area is 85.7 Å². The summed E-state index contributed by atoms with van der Waals surface area (Å²) in [5.74, 6) is -0.357. The van der Waals surface area contributed by atoms with Gasteiger partial charge in [-0.25, -0.2) is 0 Å². The molecule has 0 aromatic carbocycles. The summed E-state index contributed by atoms with van der Waals surface area (Å²) in [4.78, 5) is 11.3. The lowest BCUT2D eigenvalue weighted by Crippen LogP contribution is -2.25. The van der Waals surface area contributed by atoms with Crippen LogP contribution >= 0.6 is 11.6 Å². The average molecular weight is 211 g/mol. The van der Waals surface area contributed by atoms with Crippen molar-refractivity contribution >= 4 is 17.5 Å². The number of nitrogens with one attached hydrogen (secondary N) is 1. The van der Waals surface area contributed by atoms with E-state index < -0.39 is 0 Å². The van der Waals surface area contributed by atoms with Crippen LogP contribution in [0.5, 0.6) is 0 Å². The molecule has 1 rings (SSSR count). The van der Waals surface area contributed by atoms with E-state index in [0.29, 0.717) is 6.54 Å². The fourth-order valence-corrected chi connectivity index (χ4v) is 0.860. The standard InChI is InChI=1S/C8H7ClN4O/c9-7-3-2-6(12-13-7)8(14)11-5-1-4-10/h2-3H,1,5H2,(H,11,14). The van der Waals surface area contributed by atoms with Crippen molar-refractivity contribution in [1.29, 1.82) is 5.26 Å². The van der Waals surface area contributed by atoms with Crippen molar-refractivity contribution in [2.45, 2.75) is 6.42 Å². The minimum atomic E-state index is -0.357. The number of amides is 1. The molecule has 0 aliphatic rings. The van der Waals surface area contributed by atoms with Crippen molar-refractivity contribution in [1.82, 2.24) is 15.5 Å². The first kappa shape index (κ1) is 10.4. The second-order valence-corrected chi connectivity index (χ2v) is 2.79. The normalized spacial score (nSPS) is 9.14. The predicted octanol–water partition coefficient (Wildman–Crippen LogP) is 0.773. The van der Waals surface area contributed by atoms with Crippen LogP contribution in [-0.2, 0) is 0 Å². The molecule has 1 amide bonds. The Kier molecular flexibility index (Phi) is 3.83. The minimum absolute atomic E-state index is 0.187. The number of aromatic nitrogens is 2. The smallest absolute Gasteiger partial charge is 0.271 e.